The van der Waals surface area contributed by atoms with Crippen LogP contribution in [0.3, 0.4) is 0 Å². The molecule has 0 saturated heterocycles. The van der Waals surface area contributed by atoms with E-state index < -0.39 is 0 Å². The van der Waals surface area contributed by atoms with Gasteiger partial charge < -0.3 is 15.5 Å². The predicted molar refractivity (Wildman–Crippen MR) is 78.4 cm³/mol. The number of aromatic amines is 1. The van der Waals surface area contributed by atoms with E-state index in [1.165, 1.54) is 0 Å². The normalized spacial score (nSPS) is 10.4. The molecule has 0 amide bonds. The summed E-state index contributed by atoms with van der Waals surface area (Å²) in [6, 6.07) is 17.6. The molecule has 0 fully saturated rings. The summed E-state index contributed by atoms with van der Waals surface area (Å²) in [7, 11) is 0. The van der Waals surface area contributed by atoms with Gasteiger partial charge in [0.1, 0.15) is 17.3 Å². The molecule has 0 radical (unpaired) electrons. The number of hydrogen-bond acceptors (Lipinski definition) is 3. The van der Waals surface area contributed by atoms with Crippen molar-refractivity contribution in [2.75, 3.05) is 0 Å². The largest absolute Gasteiger partial charge is 0.457 e. The highest BCUT2D eigenvalue weighted by Gasteiger charge is 2.03. The summed E-state index contributed by atoms with van der Waals surface area (Å²) in [5.41, 5.74) is 7.55. The van der Waals surface area contributed by atoms with Gasteiger partial charge in [0.2, 0.25) is 0 Å². The maximum Gasteiger partial charge on any atom is 0.127 e. The number of nitrogens with zero attached hydrogens (tertiary/aromatic N) is 1. The highest BCUT2D eigenvalue weighted by atomic mass is 16.5. The lowest BCUT2D eigenvalue weighted by Gasteiger charge is -2.06. The Hall–Kier alpha value is -2.59. The number of H-pyrrole nitrogens is 1. The molecule has 0 atom stereocenters. The SMILES string of the molecule is NCc1ncc(-c2ccc(Oc3ccccc3)cc2)[nH]1. The smallest absolute Gasteiger partial charge is 0.127 e. The van der Waals surface area contributed by atoms with Crippen LogP contribution in [0.1, 0.15) is 5.82 Å². The van der Waals surface area contributed by atoms with E-state index in [9.17, 15) is 0 Å². The molecule has 1 heterocycles. The van der Waals surface area contributed by atoms with Gasteiger partial charge in [0.05, 0.1) is 18.4 Å². The van der Waals surface area contributed by atoms with Crippen LogP contribution in [0.25, 0.3) is 11.3 Å². The van der Waals surface area contributed by atoms with Crippen molar-refractivity contribution in [1.29, 1.82) is 0 Å². The molecular weight excluding hydrogens is 250 g/mol. The molecule has 3 rings (SSSR count). The Morgan fingerprint density at radius 2 is 1.65 bits per heavy atom. The standard InChI is InChI=1S/C16H15N3O/c17-10-16-18-11-15(19-16)12-6-8-14(9-7-12)20-13-4-2-1-3-5-13/h1-9,11H,10,17H2,(H,18,19). The quantitative estimate of drug-likeness (QED) is 0.760. The molecule has 3 N–H and O–H groups in total. The minimum absolute atomic E-state index is 0.412. The van der Waals surface area contributed by atoms with Crippen LogP contribution in [0.15, 0.2) is 60.8 Å². The summed E-state index contributed by atoms with van der Waals surface area (Å²) in [5.74, 6) is 2.41. The van der Waals surface area contributed by atoms with Crippen LogP contribution in [-0.2, 0) is 6.54 Å². The van der Waals surface area contributed by atoms with Gasteiger partial charge >= 0.3 is 0 Å². The molecule has 0 aliphatic rings. The van der Waals surface area contributed by atoms with Crippen molar-refractivity contribution in [3.05, 3.63) is 66.6 Å². The van der Waals surface area contributed by atoms with Crippen LogP contribution in [0.4, 0.5) is 0 Å². The second-order valence-electron chi connectivity index (χ2n) is 4.39. The molecule has 0 spiro atoms. The average Bonchev–Trinajstić information content (AvgIpc) is 2.98. The number of imidazole rings is 1. The molecular formula is C16H15N3O. The third kappa shape index (κ3) is 2.70. The van der Waals surface area contributed by atoms with Gasteiger partial charge in [-0.1, -0.05) is 18.2 Å². The fourth-order valence-electron chi connectivity index (χ4n) is 1.94. The first-order chi connectivity index (χ1) is 9.85. The van der Waals surface area contributed by atoms with Crippen molar-refractivity contribution in [3.8, 4) is 22.8 Å². The maximum absolute atomic E-state index is 5.75. The molecule has 0 unspecified atom stereocenters. The van der Waals surface area contributed by atoms with Crippen LogP contribution in [0.2, 0.25) is 0 Å². The molecule has 0 bridgehead atoms. The van der Waals surface area contributed by atoms with Gasteiger partial charge in [0.25, 0.3) is 0 Å². The van der Waals surface area contributed by atoms with Gasteiger partial charge in [0.15, 0.2) is 0 Å². The Morgan fingerprint density at radius 1 is 0.950 bits per heavy atom. The van der Waals surface area contributed by atoms with E-state index in [0.29, 0.717) is 6.54 Å². The summed E-state index contributed by atoms with van der Waals surface area (Å²) in [6.07, 6.45) is 1.79. The topological polar surface area (TPSA) is 63.9 Å². The Balaban J connectivity index is 1.77. The van der Waals surface area contributed by atoms with Crippen molar-refractivity contribution >= 4 is 0 Å². The number of para-hydroxylation sites is 1. The van der Waals surface area contributed by atoms with E-state index in [1.807, 2.05) is 54.6 Å². The van der Waals surface area contributed by atoms with E-state index in [0.717, 1.165) is 28.6 Å². The summed E-state index contributed by atoms with van der Waals surface area (Å²) >= 11 is 0. The van der Waals surface area contributed by atoms with E-state index >= 15 is 0 Å². The molecule has 4 heteroatoms. The van der Waals surface area contributed by atoms with Crippen molar-refractivity contribution in [1.82, 2.24) is 9.97 Å². The van der Waals surface area contributed by atoms with E-state index in [4.69, 9.17) is 10.5 Å². The van der Waals surface area contributed by atoms with E-state index in [1.54, 1.807) is 6.20 Å². The summed E-state index contributed by atoms with van der Waals surface area (Å²) in [4.78, 5) is 7.36. The van der Waals surface area contributed by atoms with E-state index in [-0.39, 0.29) is 0 Å². The first-order valence-corrected chi connectivity index (χ1v) is 6.42. The number of ether oxygens (including phenoxy) is 1. The van der Waals surface area contributed by atoms with Crippen LogP contribution in [-0.4, -0.2) is 9.97 Å². The predicted octanol–water partition coefficient (Wildman–Crippen LogP) is 3.33. The third-order valence-corrected chi connectivity index (χ3v) is 2.97. The summed E-state index contributed by atoms with van der Waals surface area (Å²) < 4.78 is 5.75. The zero-order valence-electron chi connectivity index (χ0n) is 10.9. The van der Waals surface area contributed by atoms with E-state index in [2.05, 4.69) is 9.97 Å². The molecule has 3 aromatic rings. The second-order valence-corrected chi connectivity index (χ2v) is 4.39. The first-order valence-electron chi connectivity index (χ1n) is 6.42. The summed E-state index contributed by atoms with van der Waals surface area (Å²) in [6.45, 7) is 0.412. The van der Waals surface area contributed by atoms with Crippen molar-refractivity contribution in [2.24, 2.45) is 5.73 Å². The first kappa shape index (κ1) is 12.4. The second kappa shape index (κ2) is 5.59. The zero-order valence-corrected chi connectivity index (χ0v) is 10.9. The van der Waals surface area contributed by atoms with Crippen molar-refractivity contribution in [2.45, 2.75) is 6.54 Å². The van der Waals surface area contributed by atoms with Crippen molar-refractivity contribution < 1.29 is 4.74 Å². The van der Waals surface area contributed by atoms with Crippen LogP contribution < -0.4 is 10.5 Å². The maximum atomic E-state index is 5.75. The fraction of sp³-hybridized carbons (Fsp3) is 0.0625. The van der Waals surface area contributed by atoms with Gasteiger partial charge in [0, 0.05) is 0 Å². The number of nitrogens with two attached hydrogens (primary N) is 1. The molecule has 0 aliphatic carbocycles. The molecule has 0 aliphatic heterocycles. The van der Waals surface area contributed by atoms with Gasteiger partial charge in [-0.2, -0.15) is 0 Å². The number of benzene rings is 2. The minimum Gasteiger partial charge on any atom is -0.457 e. The number of hydrogen-bond donors (Lipinski definition) is 2. The summed E-state index contributed by atoms with van der Waals surface area (Å²) in [5, 5.41) is 0. The molecule has 20 heavy (non-hydrogen) atoms. The lowest BCUT2D eigenvalue weighted by atomic mass is 10.1. The third-order valence-electron chi connectivity index (χ3n) is 2.97. The van der Waals surface area contributed by atoms with Gasteiger partial charge in [-0.3, -0.25) is 0 Å². The number of nitrogens with one attached hydrogen (secondary N) is 1. The van der Waals surface area contributed by atoms with Crippen LogP contribution in [0, 0.1) is 0 Å². The fourth-order valence-corrected chi connectivity index (χ4v) is 1.94. The van der Waals surface area contributed by atoms with Crippen molar-refractivity contribution in [3.63, 3.8) is 0 Å². The van der Waals surface area contributed by atoms with Crippen LogP contribution in [0.5, 0.6) is 11.5 Å². The molecule has 0 saturated carbocycles. The number of aromatic nitrogens is 2. The highest BCUT2D eigenvalue weighted by molar-refractivity contribution is 5.59. The zero-order chi connectivity index (χ0) is 13.8. The molecule has 1 aromatic heterocycles. The Bertz CT molecular complexity index is 674. The Labute approximate surface area is 117 Å². The minimum atomic E-state index is 0.412. The van der Waals surface area contributed by atoms with Gasteiger partial charge in [-0.25, -0.2) is 4.98 Å². The number of rotatable bonds is 4. The lowest BCUT2D eigenvalue weighted by Crippen LogP contribution is -1.97. The Morgan fingerprint density at radius 3 is 2.30 bits per heavy atom. The van der Waals surface area contributed by atoms with Crippen LogP contribution >= 0.6 is 0 Å². The molecule has 4 nitrogen and oxygen atoms in total. The Kier molecular flexibility index (Phi) is 3.48. The van der Waals surface area contributed by atoms with Gasteiger partial charge in [-0.15, -0.1) is 0 Å². The highest BCUT2D eigenvalue weighted by Crippen LogP contribution is 2.24. The lowest BCUT2D eigenvalue weighted by molar-refractivity contribution is 0.483. The van der Waals surface area contributed by atoms with Gasteiger partial charge in [-0.05, 0) is 42.0 Å². The average molecular weight is 265 g/mol. The molecule has 100 valence electrons. The monoisotopic (exact) mass is 265 g/mol. The molecule has 2 aromatic carbocycles.